The Kier molecular flexibility index (Phi) is 6.72. The van der Waals surface area contributed by atoms with E-state index in [-0.39, 0.29) is 16.1 Å². The van der Waals surface area contributed by atoms with Crippen LogP contribution in [-0.2, 0) is 10.0 Å². The predicted octanol–water partition coefficient (Wildman–Crippen LogP) is 4.43. The van der Waals surface area contributed by atoms with Gasteiger partial charge in [-0.3, -0.25) is 9.10 Å². The maximum Gasteiger partial charge on any atom is 0.264 e. The molecular weight excluding hydrogens is 440 g/mol. The fraction of sp³-hybridized carbons (Fsp3) is 0.136. The Hall–Kier alpha value is -3.23. The predicted molar refractivity (Wildman–Crippen MR) is 121 cm³/mol. The third-order valence-corrected chi connectivity index (χ3v) is 6.69. The fourth-order valence-corrected chi connectivity index (χ4v) is 4.43. The van der Waals surface area contributed by atoms with E-state index >= 15 is 0 Å². The molecule has 0 heterocycles. The van der Waals surface area contributed by atoms with Crippen molar-refractivity contribution in [2.75, 3.05) is 30.9 Å². The van der Waals surface area contributed by atoms with Gasteiger partial charge in [0, 0.05) is 19.2 Å². The molecule has 3 rings (SSSR count). The van der Waals surface area contributed by atoms with E-state index in [4.69, 9.17) is 21.1 Å². The average molecular weight is 461 g/mol. The first-order valence-electron chi connectivity index (χ1n) is 9.15. The summed E-state index contributed by atoms with van der Waals surface area (Å²) in [5.41, 5.74) is 0.723. The largest absolute Gasteiger partial charge is 0.495 e. The molecular formula is C22H21ClN2O5S. The van der Waals surface area contributed by atoms with Crippen LogP contribution in [0, 0.1) is 0 Å². The van der Waals surface area contributed by atoms with Crippen LogP contribution in [0.1, 0.15) is 10.4 Å². The number of hydrogen-bond acceptors (Lipinski definition) is 5. The lowest BCUT2D eigenvalue weighted by Crippen LogP contribution is -2.29. The average Bonchev–Trinajstić information content (AvgIpc) is 2.79. The summed E-state index contributed by atoms with van der Waals surface area (Å²) in [6.07, 6.45) is 0. The summed E-state index contributed by atoms with van der Waals surface area (Å²) >= 11 is 6.12. The van der Waals surface area contributed by atoms with Gasteiger partial charge in [-0.15, -0.1) is 0 Å². The first-order valence-corrected chi connectivity index (χ1v) is 11.0. The summed E-state index contributed by atoms with van der Waals surface area (Å²) in [6, 6.07) is 17.5. The lowest BCUT2D eigenvalue weighted by atomic mass is 10.1. The van der Waals surface area contributed by atoms with E-state index < -0.39 is 15.9 Å². The van der Waals surface area contributed by atoms with E-state index in [1.54, 1.807) is 42.5 Å². The van der Waals surface area contributed by atoms with Crippen LogP contribution >= 0.6 is 11.6 Å². The highest BCUT2D eigenvalue weighted by Crippen LogP contribution is 2.36. The van der Waals surface area contributed by atoms with Crippen molar-refractivity contribution in [3.8, 4) is 11.5 Å². The molecule has 0 aliphatic rings. The second-order valence-corrected chi connectivity index (χ2v) is 8.82. The molecule has 0 aromatic heterocycles. The maximum atomic E-state index is 13.1. The Morgan fingerprint density at radius 1 is 0.935 bits per heavy atom. The molecule has 0 unspecified atom stereocenters. The lowest BCUT2D eigenvalue weighted by Gasteiger charge is -2.22. The van der Waals surface area contributed by atoms with Gasteiger partial charge >= 0.3 is 0 Å². The van der Waals surface area contributed by atoms with Crippen LogP contribution in [0.15, 0.2) is 71.6 Å². The van der Waals surface area contributed by atoms with Crippen molar-refractivity contribution < 1.29 is 22.7 Å². The Morgan fingerprint density at radius 2 is 1.55 bits per heavy atom. The molecule has 1 N–H and O–H groups in total. The molecule has 1 amide bonds. The third-order valence-electron chi connectivity index (χ3n) is 4.61. The molecule has 162 valence electrons. The number of amides is 1. The van der Waals surface area contributed by atoms with E-state index in [1.807, 2.05) is 0 Å². The fourth-order valence-electron chi connectivity index (χ4n) is 2.97. The number of halogens is 1. The molecule has 0 atom stereocenters. The van der Waals surface area contributed by atoms with E-state index in [1.165, 1.54) is 45.5 Å². The van der Waals surface area contributed by atoms with Crippen LogP contribution in [0.3, 0.4) is 0 Å². The van der Waals surface area contributed by atoms with Gasteiger partial charge in [-0.05, 0) is 24.3 Å². The molecule has 0 saturated heterocycles. The van der Waals surface area contributed by atoms with Gasteiger partial charge in [-0.2, -0.15) is 0 Å². The molecule has 31 heavy (non-hydrogen) atoms. The number of hydrogen-bond donors (Lipinski definition) is 1. The van der Waals surface area contributed by atoms with Gasteiger partial charge in [-0.1, -0.05) is 41.9 Å². The van der Waals surface area contributed by atoms with Gasteiger partial charge in [0.1, 0.15) is 11.5 Å². The monoisotopic (exact) mass is 460 g/mol. The number of anilines is 2. The van der Waals surface area contributed by atoms with Crippen molar-refractivity contribution in [3.63, 3.8) is 0 Å². The summed E-state index contributed by atoms with van der Waals surface area (Å²) in [5, 5.41) is 3.07. The van der Waals surface area contributed by atoms with Crippen LogP contribution in [0.25, 0.3) is 0 Å². The van der Waals surface area contributed by atoms with Crippen molar-refractivity contribution in [2.24, 2.45) is 0 Å². The summed E-state index contributed by atoms with van der Waals surface area (Å²) < 4.78 is 37.6. The lowest BCUT2D eigenvalue weighted by molar-refractivity contribution is 0.102. The number of nitrogens with one attached hydrogen (secondary N) is 1. The number of carbonyl (C=O) groups is 1. The zero-order valence-corrected chi connectivity index (χ0v) is 18.7. The molecule has 0 radical (unpaired) electrons. The Labute approximate surface area is 186 Å². The van der Waals surface area contributed by atoms with Crippen molar-refractivity contribution in [2.45, 2.75) is 4.90 Å². The molecule has 0 aliphatic heterocycles. The molecule has 0 saturated carbocycles. The van der Waals surface area contributed by atoms with Crippen molar-refractivity contribution in [1.82, 2.24) is 0 Å². The zero-order chi connectivity index (χ0) is 22.6. The SMILES string of the molecule is COc1cc(NC(=O)c2ccccc2N(C)S(=O)(=O)c2ccccc2)c(OC)cc1Cl. The van der Waals surface area contributed by atoms with E-state index in [0.29, 0.717) is 22.2 Å². The number of methoxy groups -OCH3 is 2. The minimum Gasteiger partial charge on any atom is -0.495 e. The van der Waals surface area contributed by atoms with Gasteiger partial charge in [0.05, 0.1) is 41.1 Å². The van der Waals surface area contributed by atoms with E-state index in [0.717, 1.165) is 4.31 Å². The van der Waals surface area contributed by atoms with Gasteiger partial charge in [0.25, 0.3) is 15.9 Å². The van der Waals surface area contributed by atoms with Crippen LogP contribution in [0.4, 0.5) is 11.4 Å². The van der Waals surface area contributed by atoms with Crippen molar-refractivity contribution in [1.29, 1.82) is 0 Å². The highest BCUT2D eigenvalue weighted by atomic mass is 35.5. The number of nitrogens with zero attached hydrogens (tertiary/aromatic N) is 1. The highest BCUT2D eigenvalue weighted by molar-refractivity contribution is 7.92. The molecule has 3 aromatic carbocycles. The quantitative estimate of drug-likeness (QED) is 0.563. The van der Waals surface area contributed by atoms with Gasteiger partial charge in [0.2, 0.25) is 0 Å². The summed E-state index contributed by atoms with van der Waals surface area (Å²) in [4.78, 5) is 13.2. The number of ether oxygens (including phenoxy) is 2. The molecule has 9 heteroatoms. The van der Waals surface area contributed by atoms with Crippen LogP contribution in [-0.4, -0.2) is 35.6 Å². The normalized spacial score (nSPS) is 11.0. The number of sulfonamides is 1. The molecule has 0 bridgehead atoms. The highest BCUT2D eigenvalue weighted by Gasteiger charge is 2.25. The molecule has 7 nitrogen and oxygen atoms in total. The van der Waals surface area contributed by atoms with Gasteiger partial charge in [0.15, 0.2) is 0 Å². The third kappa shape index (κ3) is 4.60. The van der Waals surface area contributed by atoms with Crippen molar-refractivity contribution >= 4 is 38.9 Å². The molecule has 3 aromatic rings. The smallest absolute Gasteiger partial charge is 0.264 e. The first kappa shape index (κ1) is 22.5. The summed E-state index contributed by atoms with van der Waals surface area (Å²) in [5.74, 6) is 0.171. The standard InChI is InChI=1S/C22H21ClN2O5S/c1-25(31(27,28)15-9-5-4-6-10-15)19-12-8-7-11-16(19)22(26)24-18-14-20(29-2)17(23)13-21(18)30-3/h4-14H,1-3H3,(H,24,26). The Morgan fingerprint density at radius 3 is 2.19 bits per heavy atom. The van der Waals surface area contributed by atoms with Crippen LogP contribution in [0.5, 0.6) is 11.5 Å². The van der Waals surface area contributed by atoms with Gasteiger partial charge < -0.3 is 14.8 Å². The summed E-state index contributed by atoms with van der Waals surface area (Å²) in [7, 11) is 0.447. The zero-order valence-electron chi connectivity index (χ0n) is 17.1. The van der Waals surface area contributed by atoms with Crippen LogP contribution in [0.2, 0.25) is 5.02 Å². The Balaban J connectivity index is 1.98. The summed E-state index contributed by atoms with van der Waals surface area (Å²) in [6.45, 7) is 0. The minimum atomic E-state index is -3.86. The number of carbonyl (C=O) groups excluding carboxylic acids is 1. The second kappa shape index (κ2) is 9.28. The second-order valence-electron chi connectivity index (χ2n) is 6.44. The molecule has 0 spiro atoms. The van der Waals surface area contributed by atoms with E-state index in [2.05, 4.69) is 5.32 Å². The maximum absolute atomic E-state index is 13.1. The minimum absolute atomic E-state index is 0.122. The van der Waals surface area contributed by atoms with Crippen LogP contribution < -0.4 is 19.1 Å². The number of rotatable bonds is 7. The number of para-hydroxylation sites is 1. The number of benzene rings is 3. The van der Waals surface area contributed by atoms with Crippen molar-refractivity contribution in [3.05, 3.63) is 77.3 Å². The Bertz CT molecular complexity index is 1200. The first-order chi connectivity index (χ1) is 14.8. The molecule has 0 aliphatic carbocycles. The topological polar surface area (TPSA) is 84.9 Å². The van der Waals surface area contributed by atoms with Gasteiger partial charge in [-0.25, -0.2) is 8.42 Å². The van der Waals surface area contributed by atoms with E-state index in [9.17, 15) is 13.2 Å². The molecule has 0 fully saturated rings.